The van der Waals surface area contributed by atoms with Crippen molar-refractivity contribution in [3.63, 3.8) is 0 Å². The SMILES string of the molecule is CCCCCCCCCCc1ccc(S(=O)(=O)O)c(CCCCCCCCCC)c1. The topological polar surface area (TPSA) is 54.4 Å². The Kier molecular flexibility index (Phi) is 15.2. The molecule has 0 radical (unpaired) electrons. The van der Waals surface area contributed by atoms with Crippen LogP contribution >= 0.6 is 0 Å². The van der Waals surface area contributed by atoms with Crippen LogP contribution in [-0.4, -0.2) is 13.0 Å². The smallest absolute Gasteiger partial charge is 0.282 e. The third-order valence-electron chi connectivity index (χ3n) is 6.02. The summed E-state index contributed by atoms with van der Waals surface area (Å²) in [5, 5.41) is 0. The molecule has 1 rings (SSSR count). The summed E-state index contributed by atoms with van der Waals surface area (Å²) in [5.41, 5.74) is 1.99. The summed E-state index contributed by atoms with van der Waals surface area (Å²) in [6.45, 7) is 4.48. The van der Waals surface area contributed by atoms with Crippen LogP contribution in [-0.2, 0) is 23.0 Å². The molecule has 3 nitrogen and oxygen atoms in total. The molecule has 0 atom stereocenters. The van der Waals surface area contributed by atoms with E-state index in [4.69, 9.17) is 0 Å². The lowest BCUT2D eigenvalue weighted by Gasteiger charge is -2.10. The first-order valence-corrected chi connectivity index (χ1v) is 14.0. The van der Waals surface area contributed by atoms with E-state index in [1.165, 1.54) is 89.0 Å². The Labute approximate surface area is 186 Å². The van der Waals surface area contributed by atoms with E-state index < -0.39 is 10.1 Å². The van der Waals surface area contributed by atoms with Gasteiger partial charge in [0.15, 0.2) is 0 Å². The zero-order valence-corrected chi connectivity index (χ0v) is 20.4. The van der Waals surface area contributed by atoms with E-state index in [2.05, 4.69) is 13.8 Å². The average molecular weight is 439 g/mol. The van der Waals surface area contributed by atoms with Gasteiger partial charge in [0.25, 0.3) is 10.1 Å². The minimum absolute atomic E-state index is 0.102. The summed E-state index contributed by atoms with van der Waals surface area (Å²) in [6.07, 6.45) is 21.9. The average Bonchev–Trinajstić information content (AvgIpc) is 2.71. The summed E-state index contributed by atoms with van der Waals surface area (Å²) in [5.74, 6) is 0. The fourth-order valence-electron chi connectivity index (χ4n) is 4.15. The van der Waals surface area contributed by atoms with Crippen molar-refractivity contribution in [2.45, 2.75) is 134 Å². The molecule has 0 heterocycles. The molecule has 0 spiro atoms. The Morgan fingerprint density at radius 1 is 0.633 bits per heavy atom. The molecule has 0 unspecified atom stereocenters. The molecule has 0 aliphatic rings. The van der Waals surface area contributed by atoms with Crippen molar-refractivity contribution < 1.29 is 13.0 Å². The molecule has 1 aromatic rings. The maximum atomic E-state index is 11.8. The first-order valence-electron chi connectivity index (χ1n) is 12.6. The van der Waals surface area contributed by atoms with Gasteiger partial charge in [-0.1, -0.05) is 116 Å². The van der Waals surface area contributed by atoms with E-state index in [-0.39, 0.29) is 4.90 Å². The van der Waals surface area contributed by atoms with Crippen molar-refractivity contribution in [2.75, 3.05) is 0 Å². The minimum atomic E-state index is -4.15. The first kappa shape index (κ1) is 27.2. The quantitative estimate of drug-likeness (QED) is 0.174. The van der Waals surface area contributed by atoms with Crippen LogP contribution in [0.15, 0.2) is 23.1 Å². The van der Waals surface area contributed by atoms with E-state index in [9.17, 15) is 13.0 Å². The Morgan fingerprint density at radius 2 is 1.07 bits per heavy atom. The van der Waals surface area contributed by atoms with Crippen LogP contribution in [0.1, 0.15) is 128 Å². The zero-order valence-electron chi connectivity index (χ0n) is 19.6. The highest BCUT2D eigenvalue weighted by Crippen LogP contribution is 2.22. The maximum Gasteiger partial charge on any atom is 0.294 e. The van der Waals surface area contributed by atoms with E-state index in [1.54, 1.807) is 6.07 Å². The molecule has 4 heteroatoms. The van der Waals surface area contributed by atoms with Crippen molar-refractivity contribution in [2.24, 2.45) is 0 Å². The zero-order chi connectivity index (χ0) is 22.1. The van der Waals surface area contributed by atoms with Gasteiger partial charge in [-0.05, 0) is 42.9 Å². The van der Waals surface area contributed by atoms with Gasteiger partial charge in [0.2, 0.25) is 0 Å². The predicted molar refractivity (Wildman–Crippen MR) is 129 cm³/mol. The number of unbranched alkanes of at least 4 members (excludes halogenated alkanes) is 14. The number of benzene rings is 1. The van der Waals surface area contributed by atoms with Gasteiger partial charge < -0.3 is 0 Å². The van der Waals surface area contributed by atoms with Gasteiger partial charge in [0.1, 0.15) is 0 Å². The van der Waals surface area contributed by atoms with E-state index in [1.807, 2.05) is 12.1 Å². The van der Waals surface area contributed by atoms with Gasteiger partial charge in [0, 0.05) is 0 Å². The largest absolute Gasteiger partial charge is 0.294 e. The summed E-state index contributed by atoms with van der Waals surface area (Å²) >= 11 is 0. The normalized spacial score (nSPS) is 11.8. The Morgan fingerprint density at radius 3 is 1.53 bits per heavy atom. The number of hydrogen-bond donors (Lipinski definition) is 1. The molecule has 0 saturated heterocycles. The van der Waals surface area contributed by atoms with Crippen LogP contribution in [0.2, 0.25) is 0 Å². The molecule has 0 amide bonds. The lowest BCUT2D eigenvalue weighted by atomic mass is 9.99. The first-order chi connectivity index (χ1) is 14.5. The van der Waals surface area contributed by atoms with Gasteiger partial charge in [-0.2, -0.15) is 8.42 Å². The van der Waals surface area contributed by atoms with Crippen LogP contribution in [0.25, 0.3) is 0 Å². The molecule has 30 heavy (non-hydrogen) atoms. The van der Waals surface area contributed by atoms with Crippen LogP contribution in [0.3, 0.4) is 0 Å². The molecular weight excluding hydrogens is 392 g/mol. The number of hydrogen-bond acceptors (Lipinski definition) is 2. The molecule has 1 N–H and O–H groups in total. The molecule has 0 saturated carbocycles. The Hall–Kier alpha value is -0.870. The molecule has 0 bridgehead atoms. The van der Waals surface area contributed by atoms with Gasteiger partial charge in [-0.25, -0.2) is 0 Å². The number of aryl methyl sites for hydroxylation is 2. The summed E-state index contributed by atoms with van der Waals surface area (Å²) in [6, 6.07) is 5.50. The van der Waals surface area contributed by atoms with Crippen LogP contribution in [0, 0.1) is 0 Å². The van der Waals surface area contributed by atoms with Gasteiger partial charge >= 0.3 is 0 Å². The summed E-state index contributed by atoms with van der Waals surface area (Å²) in [4.78, 5) is 0.102. The molecule has 0 fully saturated rings. The van der Waals surface area contributed by atoms with Crippen molar-refractivity contribution in [1.29, 1.82) is 0 Å². The Bertz CT molecular complexity index is 652. The molecule has 0 aliphatic carbocycles. The fraction of sp³-hybridized carbons (Fsp3) is 0.769. The second-order valence-corrected chi connectivity index (χ2v) is 10.3. The van der Waals surface area contributed by atoms with Gasteiger partial charge in [-0.15, -0.1) is 0 Å². The predicted octanol–water partition coefficient (Wildman–Crippen LogP) is 8.30. The minimum Gasteiger partial charge on any atom is -0.282 e. The highest BCUT2D eigenvalue weighted by Gasteiger charge is 2.15. The molecular formula is C26H46O3S. The summed E-state index contributed by atoms with van der Waals surface area (Å²) < 4.78 is 33.1. The van der Waals surface area contributed by atoms with Crippen molar-refractivity contribution in [3.8, 4) is 0 Å². The van der Waals surface area contributed by atoms with Crippen LogP contribution in [0.4, 0.5) is 0 Å². The monoisotopic (exact) mass is 438 g/mol. The Balaban J connectivity index is 2.42. The number of rotatable bonds is 19. The third kappa shape index (κ3) is 12.7. The summed E-state index contributed by atoms with van der Waals surface area (Å²) in [7, 11) is -4.15. The highest BCUT2D eigenvalue weighted by molar-refractivity contribution is 7.85. The fourth-order valence-corrected chi connectivity index (χ4v) is 4.88. The highest BCUT2D eigenvalue weighted by atomic mass is 32.2. The van der Waals surface area contributed by atoms with Crippen LogP contribution < -0.4 is 0 Å². The molecule has 0 aromatic heterocycles. The molecule has 0 aliphatic heterocycles. The second-order valence-electron chi connectivity index (χ2n) is 8.87. The molecule has 174 valence electrons. The van der Waals surface area contributed by atoms with Gasteiger partial charge in [0.05, 0.1) is 4.90 Å². The van der Waals surface area contributed by atoms with Crippen molar-refractivity contribution >= 4 is 10.1 Å². The molecule has 1 aromatic carbocycles. The van der Waals surface area contributed by atoms with Crippen molar-refractivity contribution in [3.05, 3.63) is 29.3 Å². The standard InChI is InChI=1S/C26H46O3S/c1-3-5-7-9-11-13-15-17-19-24-21-22-26(30(27,28)29)25(23-24)20-18-16-14-12-10-8-6-4-2/h21-23H,3-20H2,1-2H3,(H,27,28,29). The third-order valence-corrected chi connectivity index (χ3v) is 6.98. The van der Waals surface area contributed by atoms with E-state index in [0.29, 0.717) is 0 Å². The maximum absolute atomic E-state index is 11.8. The lowest BCUT2D eigenvalue weighted by molar-refractivity contribution is 0.481. The second kappa shape index (κ2) is 16.8. The van der Waals surface area contributed by atoms with Crippen molar-refractivity contribution in [1.82, 2.24) is 0 Å². The van der Waals surface area contributed by atoms with Gasteiger partial charge in [-0.3, -0.25) is 4.55 Å². The van der Waals surface area contributed by atoms with E-state index in [0.717, 1.165) is 37.7 Å². The lowest BCUT2D eigenvalue weighted by Crippen LogP contribution is -2.04. The van der Waals surface area contributed by atoms with E-state index >= 15 is 0 Å². The van der Waals surface area contributed by atoms with Crippen LogP contribution in [0.5, 0.6) is 0 Å².